The third-order valence-electron chi connectivity index (χ3n) is 7.22. The number of carbonyl (C=O) groups is 3. The number of hydrogen-bond donors (Lipinski definition) is 1. The largest absolute Gasteiger partial charge is 0.350 e. The summed E-state index contributed by atoms with van der Waals surface area (Å²) in [4.78, 5) is 42.3. The van der Waals surface area contributed by atoms with Crippen molar-refractivity contribution in [3.8, 4) is 0 Å². The molecule has 35 heavy (non-hydrogen) atoms. The smallest absolute Gasteiger partial charge is 0.258 e. The van der Waals surface area contributed by atoms with E-state index in [0.29, 0.717) is 37.2 Å². The second-order valence-electron chi connectivity index (χ2n) is 9.42. The third kappa shape index (κ3) is 3.88. The van der Waals surface area contributed by atoms with Gasteiger partial charge in [0, 0.05) is 24.2 Å². The lowest BCUT2D eigenvalue weighted by Gasteiger charge is -2.48. The Hall–Kier alpha value is -3.94. The molecule has 180 valence electrons. The summed E-state index contributed by atoms with van der Waals surface area (Å²) in [5.41, 5.74) is 4.19. The number of nitrogens with one attached hydrogen (secondary N) is 1. The van der Waals surface area contributed by atoms with Crippen LogP contribution in [0.3, 0.4) is 0 Å². The molecule has 1 saturated heterocycles. The first-order valence-electron chi connectivity index (χ1n) is 11.9. The van der Waals surface area contributed by atoms with Gasteiger partial charge >= 0.3 is 0 Å². The van der Waals surface area contributed by atoms with Gasteiger partial charge in [-0.25, -0.2) is 0 Å². The highest BCUT2D eigenvalue weighted by molar-refractivity contribution is 6.11. The van der Waals surface area contributed by atoms with E-state index in [9.17, 15) is 14.4 Å². The predicted molar refractivity (Wildman–Crippen MR) is 132 cm³/mol. The Morgan fingerprint density at radius 1 is 1.06 bits per heavy atom. The number of hydrogen-bond acceptors (Lipinski definition) is 4. The van der Waals surface area contributed by atoms with Crippen LogP contribution in [0.25, 0.3) is 0 Å². The van der Waals surface area contributed by atoms with Crippen molar-refractivity contribution in [2.75, 3.05) is 11.4 Å². The quantitative estimate of drug-likeness (QED) is 0.598. The number of carbonyl (C=O) groups excluding carboxylic acids is 3. The van der Waals surface area contributed by atoms with Crippen LogP contribution in [0.2, 0.25) is 0 Å². The number of para-hydroxylation sites is 1. The zero-order chi connectivity index (χ0) is 24.7. The molecule has 3 heterocycles. The number of aryl methyl sites for hydroxylation is 1. The molecule has 3 aromatic rings. The molecule has 8 heteroatoms. The summed E-state index contributed by atoms with van der Waals surface area (Å²) < 4.78 is 1.94. The van der Waals surface area contributed by atoms with Crippen molar-refractivity contribution < 1.29 is 14.4 Å². The maximum Gasteiger partial charge on any atom is 0.258 e. The molecule has 0 bridgehead atoms. The molecule has 0 aliphatic carbocycles. The minimum Gasteiger partial charge on any atom is -0.350 e. The zero-order valence-electron chi connectivity index (χ0n) is 20.2. The van der Waals surface area contributed by atoms with E-state index in [4.69, 9.17) is 0 Å². The van der Waals surface area contributed by atoms with E-state index < -0.39 is 5.66 Å². The Morgan fingerprint density at radius 3 is 2.54 bits per heavy atom. The highest BCUT2D eigenvalue weighted by Gasteiger charge is 2.53. The molecule has 8 nitrogen and oxygen atoms in total. The predicted octanol–water partition coefficient (Wildman–Crippen LogP) is 3.16. The van der Waals surface area contributed by atoms with Crippen molar-refractivity contribution in [3.63, 3.8) is 0 Å². The van der Waals surface area contributed by atoms with Crippen molar-refractivity contribution in [3.05, 3.63) is 82.7 Å². The molecular formula is C27H29N5O3. The number of fused-ring (bicyclic) bond motifs is 3. The fourth-order valence-electron chi connectivity index (χ4n) is 5.23. The molecule has 5 rings (SSSR count). The highest BCUT2D eigenvalue weighted by Crippen LogP contribution is 2.43. The average Bonchev–Trinajstić information content (AvgIpc) is 3.30. The average molecular weight is 472 g/mol. The molecule has 0 saturated carbocycles. The second-order valence-corrected chi connectivity index (χ2v) is 9.42. The molecule has 2 aliphatic heterocycles. The molecule has 2 aromatic carbocycles. The van der Waals surface area contributed by atoms with Crippen LogP contribution < -0.4 is 10.2 Å². The number of nitrogens with zero attached hydrogens (tertiary/aromatic N) is 4. The van der Waals surface area contributed by atoms with Gasteiger partial charge in [0.15, 0.2) is 0 Å². The van der Waals surface area contributed by atoms with Crippen LogP contribution in [0.15, 0.2) is 54.6 Å². The number of anilines is 1. The summed E-state index contributed by atoms with van der Waals surface area (Å²) in [5, 5.41) is 7.62. The second kappa shape index (κ2) is 8.69. The summed E-state index contributed by atoms with van der Waals surface area (Å²) in [5.74, 6) is -0.532. The van der Waals surface area contributed by atoms with Crippen LogP contribution in [0.1, 0.15) is 52.6 Å². The van der Waals surface area contributed by atoms with Crippen molar-refractivity contribution >= 4 is 23.4 Å². The molecule has 1 atom stereocenters. The third-order valence-corrected chi connectivity index (χ3v) is 7.22. The van der Waals surface area contributed by atoms with Crippen molar-refractivity contribution in [2.45, 2.75) is 52.4 Å². The first-order chi connectivity index (χ1) is 16.8. The van der Waals surface area contributed by atoms with Crippen LogP contribution in [-0.2, 0) is 22.7 Å². The van der Waals surface area contributed by atoms with Crippen LogP contribution >= 0.6 is 0 Å². The van der Waals surface area contributed by atoms with Gasteiger partial charge in [0.2, 0.25) is 11.8 Å². The Bertz CT molecular complexity index is 1320. The Kier molecular flexibility index (Phi) is 5.67. The van der Waals surface area contributed by atoms with E-state index in [1.807, 2.05) is 49.7 Å². The summed E-state index contributed by atoms with van der Waals surface area (Å²) in [6.07, 6.45) is 0.832. The van der Waals surface area contributed by atoms with E-state index >= 15 is 0 Å². The van der Waals surface area contributed by atoms with Crippen molar-refractivity contribution in [1.29, 1.82) is 0 Å². The lowest BCUT2D eigenvalue weighted by atomic mass is 9.98. The van der Waals surface area contributed by atoms with E-state index in [1.165, 1.54) is 4.90 Å². The molecule has 1 aromatic heterocycles. The summed E-state index contributed by atoms with van der Waals surface area (Å²) >= 11 is 0. The number of rotatable bonds is 6. The van der Waals surface area contributed by atoms with Crippen LogP contribution in [0.4, 0.5) is 5.69 Å². The normalized spacial score (nSPS) is 19.1. The van der Waals surface area contributed by atoms with Gasteiger partial charge in [-0.2, -0.15) is 5.10 Å². The van der Waals surface area contributed by atoms with E-state index in [2.05, 4.69) is 22.5 Å². The summed E-state index contributed by atoms with van der Waals surface area (Å²) in [7, 11) is 0. The van der Waals surface area contributed by atoms with Gasteiger partial charge in [0.05, 0.1) is 23.5 Å². The van der Waals surface area contributed by atoms with Crippen molar-refractivity contribution in [1.82, 2.24) is 20.0 Å². The van der Waals surface area contributed by atoms with Crippen LogP contribution in [0, 0.1) is 13.8 Å². The van der Waals surface area contributed by atoms with Crippen LogP contribution in [-0.4, -0.2) is 44.6 Å². The summed E-state index contributed by atoms with van der Waals surface area (Å²) in [6, 6.07) is 17.2. The SMILES string of the molecule is Cc1nn(Cc2ccccc2)c(C)c1CNC(=O)CN1C(=O)c2ccccc2N2C(=O)CCC12C. The lowest BCUT2D eigenvalue weighted by Crippen LogP contribution is -2.63. The van der Waals surface area contributed by atoms with Gasteiger partial charge in [-0.15, -0.1) is 0 Å². The summed E-state index contributed by atoms with van der Waals surface area (Å²) in [6.45, 7) is 6.65. The highest BCUT2D eigenvalue weighted by atomic mass is 16.2. The number of aromatic nitrogens is 2. The standard InChI is InChI=1S/C27H29N5O3/c1-18-22(19(2)31(29-18)16-20-9-5-4-6-10-20)15-28-24(33)17-30-26(35)21-11-7-8-12-23(21)32-25(34)13-14-27(30,32)3/h4-12H,13-17H2,1-3H3,(H,28,33). The zero-order valence-corrected chi connectivity index (χ0v) is 20.2. The first kappa shape index (κ1) is 22.8. The van der Waals surface area contributed by atoms with Gasteiger partial charge in [-0.3, -0.25) is 24.0 Å². The molecule has 1 fully saturated rings. The Labute approximate surface area is 204 Å². The van der Waals surface area contributed by atoms with E-state index in [0.717, 1.165) is 22.5 Å². The van der Waals surface area contributed by atoms with E-state index in [-0.39, 0.29) is 24.3 Å². The molecule has 2 aliphatic rings. The lowest BCUT2D eigenvalue weighted by molar-refractivity contribution is -0.124. The fourth-order valence-corrected chi connectivity index (χ4v) is 5.23. The minimum absolute atomic E-state index is 0.0325. The van der Waals surface area contributed by atoms with Gasteiger partial charge in [0.25, 0.3) is 5.91 Å². The first-order valence-corrected chi connectivity index (χ1v) is 11.9. The van der Waals surface area contributed by atoms with Gasteiger partial charge in [-0.05, 0) is 44.9 Å². The molecule has 3 amide bonds. The molecule has 1 unspecified atom stereocenters. The molecular weight excluding hydrogens is 442 g/mol. The Morgan fingerprint density at radius 2 is 1.77 bits per heavy atom. The maximum absolute atomic E-state index is 13.4. The monoisotopic (exact) mass is 471 g/mol. The van der Waals surface area contributed by atoms with E-state index in [1.54, 1.807) is 23.1 Å². The maximum atomic E-state index is 13.4. The van der Waals surface area contributed by atoms with Gasteiger partial charge < -0.3 is 10.2 Å². The van der Waals surface area contributed by atoms with Crippen molar-refractivity contribution in [2.24, 2.45) is 0 Å². The van der Waals surface area contributed by atoms with Gasteiger partial charge in [-0.1, -0.05) is 42.5 Å². The molecule has 0 spiro atoms. The molecule has 1 N–H and O–H groups in total. The topological polar surface area (TPSA) is 87.5 Å². The number of benzene rings is 2. The fraction of sp³-hybridized carbons (Fsp3) is 0.333. The van der Waals surface area contributed by atoms with Gasteiger partial charge in [0.1, 0.15) is 12.2 Å². The molecule has 0 radical (unpaired) electrons. The minimum atomic E-state index is -0.855. The van der Waals surface area contributed by atoms with Crippen LogP contribution in [0.5, 0.6) is 0 Å². The number of amides is 3. The Balaban J connectivity index is 1.31.